The van der Waals surface area contributed by atoms with Gasteiger partial charge in [-0.15, -0.1) is 0 Å². The number of benzene rings is 1. The number of amides is 1. The average Bonchev–Trinajstić information content (AvgIpc) is 2.90. The van der Waals surface area contributed by atoms with Crippen LogP contribution >= 0.6 is 0 Å². The summed E-state index contributed by atoms with van der Waals surface area (Å²) in [6.07, 6.45) is -3.76. The van der Waals surface area contributed by atoms with Crippen LogP contribution in [0.5, 0.6) is 0 Å². The Kier molecular flexibility index (Phi) is 4.43. The lowest BCUT2D eigenvalue weighted by molar-refractivity contribution is -0.141. The van der Waals surface area contributed by atoms with Gasteiger partial charge >= 0.3 is 6.18 Å². The summed E-state index contributed by atoms with van der Waals surface area (Å²) < 4.78 is 54.9. The second kappa shape index (κ2) is 6.44. The van der Waals surface area contributed by atoms with Crippen molar-refractivity contribution in [2.75, 3.05) is 5.32 Å². The number of carbonyl (C=O) groups is 1. The predicted molar refractivity (Wildman–Crippen MR) is 89.8 cm³/mol. The Hall–Kier alpha value is -2.90. The third-order valence-electron chi connectivity index (χ3n) is 4.12. The molecule has 4 nitrogen and oxygen atoms in total. The van der Waals surface area contributed by atoms with Gasteiger partial charge in [0.15, 0.2) is 0 Å². The van der Waals surface area contributed by atoms with Crippen LogP contribution in [0.25, 0.3) is 16.7 Å². The van der Waals surface area contributed by atoms with Crippen molar-refractivity contribution in [2.45, 2.75) is 26.4 Å². The van der Waals surface area contributed by atoms with Crippen molar-refractivity contribution in [1.82, 2.24) is 9.55 Å². The van der Waals surface area contributed by atoms with E-state index in [0.717, 1.165) is 6.07 Å². The van der Waals surface area contributed by atoms with Crippen molar-refractivity contribution in [1.29, 1.82) is 0 Å². The van der Waals surface area contributed by atoms with Crippen LogP contribution in [0, 0.1) is 12.7 Å². The summed E-state index contributed by atoms with van der Waals surface area (Å²) in [7, 11) is 0. The van der Waals surface area contributed by atoms with E-state index in [1.807, 2.05) is 0 Å². The summed E-state index contributed by atoms with van der Waals surface area (Å²) in [6, 6.07) is 6.74. The smallest absolute Gasteiger partial charge is 0.326 e. The third kappa shape index (κ3) is 3.02. The molecule has 0 saturated carbocycles. The molecule has 0 radical (unpaired) electrons. The van der Waals surface area contributed by atoms with Gasteiger partial charge in [-0.1, -0.05) is 6.92 Å². The third-order valence-corrected chi connectivity index (χ3v) is 4.12. The molecular weight excluding hydrogens is 350 g/mol. The van der Waals surface area contributed by atoms with Crippen molar-refractivity contribution in [2.24, 2.45) is 0 Å². The monoisotopic (exact) mass is 365 g/mol. The first-order chi connectivity index (χ1) is 12.3. The van der Waals surface area contributed by atoms with E-state index in [1.54, 1.807) is 26.0 Å². The molecule has 0 aliphatic carbocycles. The lowest BCUT2D eigenvalue weighted by Crippen LogP contribution is -2.09. The van der Waals surface area contributed by atoms with Gasteiger partial charge in [-0.25, -0.2) is 9.37 Å². The van der Waals surface area contributed by atoms with Gasteiger partial charge in [0.05, 0.1) is 11.4 Å². The number of aryl methyl sites for hydroxylation is 2. The number of pyridine rings is 1. The van der Waals surface area contributed by atoms with Gasteiger partial charge in [-0.05, 0) is 43.2 Å². The summed E-state index contributed by atoms with van der Waals surface area (Å²) in [6.45, 7) is 3.49. The molecule has 0 aliphatic heterocycles. The Bertz CT molecular complexity index is 992. The van der Waals surface area contributed by atoms with Crippen LogP contribution in [0.3, 0.4) is 0 Å². The average molecular weight is 365 g/mol. The highest BCUT2D eigenvalue weighted by molar-refractivity contribution is 5.81. The molecule has 0 aliphatic rings. The fourth-order valence-corrected chi connectivity index (χ4v) is 2.97. The minimum Gasteiger partial charge on any atom is -0.326 e. The molecule has 1 amide bonds. The SMILES string of the molecule is CCc1cc(-n2c(C)cc3ccc(C(F)(F)F)nc32)cc(F)c1NC=O. The second-order valence-electron chi connectivity index (χ2n) is 5.81. The van der Waals surface area contributed by atoms with Crippen molar-refractivity contribution in [3.8, 4) is 5.69 Å². The Balaban J connectivity index is 2.26. The topological polar surface area (TPSA) is 46.9 Å². The molecule has 8 heteroatoms. The zero-order valence-electron chi connectivity index (χ0n) is 14.0. The molecule has 1 aromatic carbocycles. The summed E-state index contributed by atoms with van der Waals surface area (Å²) in [5.74, 6) is -0.667. The molecule has 3 rings (SSSR count). The second-order valence-corrected chi connectivity index (χ2v) is 5.81. The Labute approximate surface area is 146 Å². The van der Waals surface area contributed by atoms with E-state index in [9.17, 15) is 22.4 Å². The molecule has 2 heterocycles. The molecule has 0 fully saturated rings. The van der Waals surface area contributed by atoms with Gasteiger partial charge in [-0.2, -0.15) is 13.2 Å². The lowest BCUT2D eigenvalue weighted by atomic mass is 10.1. The molecule has 0 atom stereocenters. The number of hydrogen-bond donors (Lipinski definition) is 1. The molecule has 0 bridgehead atoms. The maximum atomic E-state index is 14.4. The Morgan fingerprint density at radius 2 is 1.96 bits per heavy atom. The molecule has 3 aromatic rings. The van der Waals surface area contributed by atoms with E-state index in [1.165, 1.54) is 16.7 Å². The standard InChI is InChI=1S/C18H15F4N3O/c1-3-11-7-13(8-14(19)16(11)23-9-26)25-10(2)6-12-4-5-15(18(20,21)22)24-17(12)25/h4-9H,3H2,1-2H3,(H,23,26). The number of anilines is 1. The number of hydrogen-bond acceptors (Lipinski definition) is 2. The fraction of sp³-hybridized carbons (Fsp3) is 0.222. The van der Waals surface area contributed by atoms with Crippen molar-refractivity contribution in [3.05, 3.63) is 53.1 Å². The summed E-state index contributed by atoms with van der Waals surface area (Å²) >= 11 is 0. The van der Waals surface area contributed by atoms with Gasteiger partial charge in [0.25, 0.3) is 0 Å². The van der Waals surface area contributed by atoms with Crippen LogP contribution in [0.2, 0.25) is 0 Å². The van der Waals surface area contributed by atoms with E-state index in [4.69, 9.17) is 0 Å². The highest BCUT2D eigenvalue weighted by Gasteiger charge is 2.33. The quantitative estimate of drug-likeness (QED) is 0.542. The molecule has 1 N–H and O–H groups in total. The first-order valence-corrected chi connectivity index (χ1v) is 7.85. The first kappa shape index (κ1) is 17.9. The van der Waals surface area contributed by atoms with Crippen LogP contribution < -0.4 is 5.32 Å². The number of halogens is 4. The number of carbonyl (C=O) groups excluding carboxylic acids is 1. The van der Waals surface area contributed by atoms with E-state index in [0.29, 0.717) is 35.2 Å². The predicted octanol–water partition coefficient (Wildman–Crippen LogP) is 4.62. The molecule has 26 heavy (non-hydrogen) atoms. The van der Waals surface area contributed by atoms with Gasteiger partial charge in [0.2, 0.25) is 6.41 Å². The van der Waals surface area contributed by atoms with E-state index in [-0.39, 0.29) is 11.3 Å². The highest BCUT2D eigenvalue weighted by Crippen LogP contribution is 2.32. The number of rotatable bonds is 4. The van der Waals surface area contributed by atoms with Crippen molar-refractivity contribution in [3.63, 3.8) is 0 Å². The fourth-order valence-electron chi connectivity index (χ4n) is 2.97. The zero-order chi connectivity index (χ0) is 19.1. The largest absolute Gasteiger partial charge is 0.433 e. The number of alkyl halides is 3. The van der Waals surface area contributed by atoms with Crippen LogP contribution in [-0.2, 0) is 17.4 Å². The zero-order valence-corrected chi connectivity index (χ0v) is 14.0. The van der Waals surface area contributed by atoms with Crippen molar-refractivity contribution >= 4 is 23.1 Å². The van der Waals surface area contributed by atoms with E-state index >= 15 is 0 Å². The van der Waals surface area contributed by atoms with Crippen LogP contribution in [0.4, 0.5) is 23.2 Å². The maximum absolute atomic E-state index is 14.4. The Morgan fingerprint density at radius 3 is 2.58 bits per heavy atom. The van der Waals surface area contributed by atoms with Gasteiger partial charge in [-0.3, -0.25) is 9.36 Å². The molecule has 136 valence electrons. The van der Waals surface area contributed by atoms with Crippen LogP contribution in [0.15, 0.2) is 30.3 Å². The minimum atomic E-state index is -4.57. The molecule has 0 unspecified atom stereocenters. The molecule has 2 aromatic heterocycles. The van der Waals surface area contributed by atoms with Crippen LogP contribution in [-0.4, -0.2) is 16.0 Å². The summed E-state index contributed by atoms with van der Waals surface area (Å²) in [5, 5.41) is 2.84. The summed E-state index contributed by atoms with van der Waals surface area (Å²) in [4.78, 5) is 14.4. The maximum Gasteiger partial charge on any atom is 0.433 e. The van der Waals surface area contributed by atoms with E-state index in [2.05, 4.69) is 10.3 Å². The normalized spacial score (nSPS) is 11.8. The Morgan fingerprint density at radius 1 is 1.23 bits per heavy atom. The number of aromatic nitrogens is 2. The van der Waals surface area contributed by atoms with Gasteiger partial charge < -0.3 is 5.32 Å². The highest BCUT2D eigenvalue weighted by atomic mass is 19.4. The molecule has 0 saturated heterocycles. The van der Waals surface area contributed by atoms with Crippen LogP contribution in [0.1, 0.15) is 23.9 Å². The minimum absolute atomic E-state index is 0.0595. The molecule has 0 spiro atoms. The molecular formula is C18H15F4N3O. The first-order valence-electron chi connectivity index (χ1n) is 7.85. The van der Waals surface area contributed by atoms with Gasteiger partial charge in [0.1, 0.15) is 17.2 Å². The van der Waals surface area contributed by atoms with Crippen molar-refractivity contribution < 1.29 is 22.4 Å². The number of nitrogens with one attached hydrogen (secondary N) is 1. The number of nitrogens with zero attached hydrogens (tertiary/aromatic N) is 2. The number of fused-ring (bicyclic) bond motifs is 1. The summed E-state index contributed by atoms with van der Waals surface area (Å²) in [5.41, 5.74) is 0.624. The lowest BCUT2D eigenvalue weighted by Gasteiger charge is -2.14. The van der Waals surface area contributed by atoms with Gasteiger partial charge in [0, 0.05) is 17.1 Å². The van der Waals surface area contributed by atoms with E-state index < -0.39 is 17.7 Å².